The second kappa shape index (κ2) is 10.7. The molecule has 2 aromatic rings. The molecule has 8 heteroatoms. The minimum Gasteiger partial charge on any atom is -0.503 e. The number of ether oxygens (including phenoxy) is 3. The van der Waals surface area contributed by atoms with Crippen molar-refractivity contribution in [3.05, 3.63) is 60.9 Å². The van der Waals surface area contributed by atoms with Crippen LogP contribution in [0.2, 0.25) is 0 Å². The van der Waals surface area contributed by atoms with E-state index in [1.807, 2.05) is 36.4 Å². The number of hydrogen-bond acceptors (Lipinski definition) is 7. The lowest BCUT2D eigenvalue weighted by atomic mass is 9.92. The molecule has 2 N–H and O–H groups in total. The van der Waals surface area contributed by atoms with E-state index >= 15 is 0 Å². The van der Waals surface area contributed by atoms with Gasteiger partial charge in [0.15, 0.2) is 17.2 Å². The van der Waals surface area contributed by atoms with Gasteiger partial charge < -0.3 is 24.6 Å². The smallest absolute Gasteiger partial charge is 0.329 e. The van der Waals surface area contributed by atoms with E-state index in [0.29, 0.717) is 25.0 Å². The quantitative estimate of drug-likeness (QED) is 0.524. The maximum Gasteiger partial charge on any atom is 0.329 e. The highest BCUT2D eigenvalue weighted by Crippen LogP contribution is 2.29. The van der Waals surface area contributed by atoms with Gasteiger partial charge >= 0.3 is 5.97 Å². The first-order valence-electron chi connectivity index (χ1n) is 10.5. The lowest BCUT2D eigenvalue weighted by molar-refractivity contribution is -0.155. The van der Waals surface area contributed by atoms with E-state index in [9.17, 15) is 14.7 Å². The number of aromatic hydroxyl groups is 1. The molecule has 1 fully saturated rings. The number of nitrogens with zero attached hydrogens (tertiary/aromatic N) is 1. The molecule has 0 radical (unpaired) electrons. The van der Waals surface area contributed by atoms with Gasteiger partial charge in [-0.2, -0.15) is 0 Å². The topological polar surface area (TPSA) is 107 Å². The van der Waals surface area contributed by atoms with Crippen LogP contribution in [0.4, 0.5) is 0 Å². The Morgan fingerprint density at radius 2 is 2.03 bits per heavy atom. The van der Waals surface area contributed by atoms with Crippen LogP contribution < -0.4 is 14.8 Å². The first-order chi connectivity index (χ1) is 15.4. The van der Waals surface area contributed by atoms with Crippen molar-refractivity contribution in [3.63, 3.8) is 0 Å². The summed E-state index contributed by atoms with van der Waals surface area (Å²) in [6, 6.07) is 9.88. The minimum absolute atomic E-state index is 0.0449. The molecule has 1 aromatic heterocycles. The van der Waals surface area contributed by atoms with Crippen molar-refractivity contribution in [3.8, 4) is 17.2 Å². The predicted octanol–water partition coefficient (Wildman–Crippen LogP) is 3.26. The van der Waals surface area contributed by atoms with Crippen LogP contribution in [0.25, 0.3) is 0 Å². The second-order valence-corrected chi connectivity index (χ2v) is 7.60. The normalized spacial score (nSPS) is 23.6. The molecule has 32 heavy (non-hydrogen) atoms. The number of carbonyl (C=O) groups is 2. The van der Waals surface area contributed by atoms with E-state index in [1.54, 1.807) is 6.92 Å². The van der Waals surface area contributed by atoms with Crippen molar-refractivity contribution in [2.75, 3.05) is 7.11 Å². The maximum absolute atomic E-state index is 12.9. The summed E-state index contributed by atoms with van der Waals surface area (Å²) in [4.78, 5) is 29.5. The Kier molecular flexibility index (Phi) is 7.70. The Labute approximate surface area is 187 Å². The number of benzene rings is 1. The molecule has 4 atom stereocenters. The zero-order valence-corrected chi connectivity index (χ0v) is 18.2. The molecule has 1 saturated heterocycles. The van der Waals surface area contributed by atoms with Gasteiger partial charge in [-0.15, -0.1) is 6.58 Å². The molecular weight excluding hydrogens is 412 g/mol. The summed E-state index contributed by atoms with van der Waals surface area (Å²) in [6.07, 6.45) is 3.87. The number of amides is 1. The van der Waals surface area contributed by atoms with E-state index in [-0.39, 0.29) is 23.1 Å². The van der Waals surface area contributed by atoms with Crippen LogP contribution in [0.5, 0.6) is 17.2 Å². The van der Waals surface area contributed by atoms with Crippen molar-refractivity contribution in [1.29, 1.82) is 0 Å². The fraction of sp³-hybridized carbons (Fsp3) is 0.375. The van der Waals surface area contributed by atoms with Crippen LogP contribution >= 0.6 is 0 Å². The van der Waals surface area contributed by atoms with E-state index in [1.165, 1.54) is 19.4 Å². The molecular formula is C24H28N2O6. The summed E-state index contributed by atoms with van der Waals surface area (Å²) < 4.78 is 16.8. The third-order valence-corrected chi connectivity index (χ3v) is 5.45. The average molecular weight is 440 g/mol. The van der Waals surface area contributed by atoms with Crippen molar-refractivity contribution < 1.29 is 28.9 Å². The molecule has 1 amide bonds. The molecule has 0 aliphatic carbocycles. The number of methoxy groups -OCH3 is 1. The summed E-state index contributed by atoms with van der Waals surface area (Å²) in [6.45, 7) is 5.69. The second-order valence-electron chi connectivity index (χ2n) is 7.60. The Hall–Kier alpha value is -3.55. The number of pyridine rings is 1. The van der Waals surface area contributed by atoms with Gasteiger partial charge in [-0.3, -0.25) is 4.79 Å². The monoisotopic (exact) mass is 440 g/mol. The van der Waals surface area contributed by atoms with E-state index < -0.39 is 30.1 Å². The third-order valence-electron chi connectivity index (χ3n) is 5.45. The van der Waals surface area contributed by atoms with Gasteiger partial charge in [0.2, 0.25) is 0 Å². The Bertz CT molecular complexity index is 949. The molecule has 1 aliphatic heterocycles. The van der Waals surface area contributed by atoms with Gasteiger partial charge in [0.25, 0.3) is 5.91 Å². The van der Waals surface area contributed by atoms with Gasteiger partial charge in [0, 0.05) is 18.2 Å². The molecule has 8 nitrogen and oxygen atoms in total. The van der Waals surface area contributed by atoms with Crippen LogP contribution in [-0.2, 0) is 9.53 Å². The van der Waals surface area contributed by atoms with Crippen LogP contribution in [0, 0.1) is 5.92 Å². The highest BCUT2D eigenvalue weighted by Gasteiger charge is 2.35. The van der Waals surface area contributed by atoms with Crippen LogP contribution in [0.15, 0.2) is 55.3 Å². The molecule has 2 heterocycles. The molecule has 1 aliphatic rings. The standard InChI is InChI=1S/C24H28N2O6/c1-4-16-9-8-12-18(26-23(28)20-21(27)19(30-3)13-14-25-20)24(29)31-15(2)22(16)32-17-10-6-5-7-11-17/h4-7,10-11,13-16,18,22,27H,1,8-9,12H2,2-3H3,(H,26,28)/t15-,16-,18-,22-/m0/s1. The number of aromatic nitrogens is 1. The number of cyclic esters (lactones) is 1. The molecule has 0 saturated carbocycles. The summed E-state index contributed by atoms with van der Waals surface area (Å²) >= 11 is 0. The molecule has 0 unspecified atom stereocenters. The van der Waals surface area contributed by atoms with Crippen molar-refractivity contribution >= 4 is 11.9 Å². The van der Waals surface area contributed by atoms with Crippen LogP contribution in [0.1, 0.15) is 36.7 Å². The number of hydrogen-bond donors (Lipinski definition) is 2. The molecule has 1 aromatic carbocycles. The SMILES string of the molecule is C=C[C@H]1CCC[C@H](NC(=O)c2nccc(OC)c2O)C(=O)O[C@@H](C)[C@@H]1Oc1ccccc1. The summed E-state index contributed by atoms with van der Waals surface area (Å²) in [5, 5.41) is 12.8. The predicted molar refractivity (Wildman–Crippen MR) is 118 cm³/mol. The molecule has 170 valence electrons. The Morgan fingerprint density at radius 1 is 1.28 bits per heavy atom. The zero-order valence-electron chi connectivity index (χ0n) is 18.2. The largest absolute Gasteiger partial charge is 0.503 e. The van der Waals surface area contributed by atoms with E-state index in [0.717, 1.165) is 0 Å². The van der Waals surface area contributed by atoms with Crippen LogP contribution in [-0.4, -0.2) is 47.3 Å². The summed E-state index contributed by atoms with van der Waals surface area (Å²) in [5.74, 6) is -0.898. The van der Waals surface area contributed by atoms with Gasteiger partial charge in [-0.25, -0.2) is 9.78 Å². The third kappa shape index (κ3) is 5.38. The minimum atomic E-state index is -0.890. The number of rotatable bonds is 6. The van der Waals surface area contributed by atoms with E-state index in [4.69, 9.17) is 14.2 Å². The highest BCUT2D eigenvalue weighted by atomic mass is 16.6. The Balaban J connectivity index is 1.75. The van der Waals surface area contributed by atoms with Gasteiger partial charge in [0.05, 0.1) is 7.11 Å². The number of para-hydroxylation sites is 1. The van der Waals surface area contributed by atoms with E-state index in [2.05, 4.69) is 16.9 Å². The van der Waals surface area contributed by atoms with Crippen molar-refractivity contribution in [2.45, 2.75) is 44.4 Å². The Morgan fingerprint density at radius 3 is 2.72 bits per heavy atom. The average Bonchev–Trinajstić information content (AvgIpc) is 2.84. The summed E-state index contributed by atoms with van der Waals surface area (Å²) in [5.41, 5.74) is -0.223. The van der Waals surface area contributed by atoms with Crippen molar-refractivity contribution in [1.82, 2.24) is 10.3 Å². The molecule has 0 spiro atoms. The lowest BCUT2D eigenvalue weighted by Crippen LogP contribution is -2.45. The van der Waals surface area contributed by atoms with Gasteiger partial charge in [-0.05, 0) is 31.9 Å². The van der Waals surface area contributed by atoms with Gasteiger partial charge in [0.1, 0.15) is 24.0 Å². The highest BCUT2D eigenvalue weighted by molar-refractivity contribution is 5.97. The van der Waals surface area contributed by atoms with Crippen LogP contribution in [0.3, 0.4) is 0 Å². The number of carbonyl (C=O) groups excluding carboxylic acids is 2. The van der Waals surface area contributed by atoms with Crippen molar-refractivity contribution in [2.24, 2.45) is 5.92 Å². The fourth-order valence-corrected chi connectivity index (χ4v) is 3.74. The number of nitrogens with one attached hydrogen (secondary N) is 1. The first-order valence-corrected chi connectivity index (χ1v) is 10.5. The molecule has 3 rings (SSSR count). The molecule has 0 bridgehead atoms. The fourth-order valence-electron chi connectivity index (χ4n) is 3.74. The first kappa shape index (κ1) is 23.1. The van der Waals surface area contributed by atoms with Gasteiger partial charge in [-0.1, -0.05) is 30.7 Å². The number of esters is 1. The lowest BCUT2D eigenvalue weighted by Gasteiger charge is -2.30. The summed E-state index contributed by atoms with van der Waals surface area (Å²) in [7, 11) is 1.37. The zero-order chi connectivity index (χ0) is 23.1. The maximum atomic E-state index is 12.9.